The Morgan fingerprint density at radius 1 is 1.38 bits per heavy atom. The van der Waals surface area contributed by atoms with E-state index in [-0.39, 0.29) is 5.97 Å². The molecule has 0 fully saturated rings. The van der Waals surface area contributed by atoms with Crippen LogP contribution in [0.25, 0.3) is 0 Å². The Morgan fingerprint density at radius 2 is 2.06 bits per heavy atom. The summed E-state index contributed by atoms with van der Waals surface area (Å²) in [6.07, 6.45) is 1.42. The largest absolute Gasteiger partial charge is 0.468 e. The van der Waals surface area contributed by atoms with Crippen molar-refractivity contribution in [2.24, 2.45) is 5.73 Å². The SMILES string of the molecule is COC(=O)C(N)CCc1ccc(C)c(C)c1. The van der Waals surface area contributed by atoms with Gasteiger partial charge in [-0.25, -0.2) is 0 Å². The summed E-state index contributed by atoms with van der Waals surface area (Å²) in [5.74, 6) is -0.344. The molecule has 16 heavy (non-hydrogen) atoms. The summed E-state index contributed by atoms with van der Waals surface area (Å²) in [6.45, 7) is 4.17. The second-order valence-electron chi connectivity index (χ2n) is 4.09. The summed E-state index contributed by atoms with van der Waals surface area (Å²) < 4.78 is 4.58. The van der Waals surface area contributed by atoms with Gasteiger partial charge >= 0.3 is 5.97 Å². The fourth-order valence-corrected chi connectivity index (χ4v) is 1.55. The topological polar surface area (TPSA) is 52.3 Å². The minimum Gasteiger partial charge on any atom is -0.468 e. The van der Waals surface area contributed by atoms with Crippen molar-refractivity contribution in [1.82, 2.24) is 0 Å². The van der Waals surface area contributed by atoms with Crippen molar-refractivity contribution in [3.63, 3.8) is 0 Å². The van der Waals surface area contributed by atoms with Gasteiger partial charge in [0.1, 0.15) is 6.04 Å². The summed E-state index contributed by atoms with van der Waals surface area (Å²) in [7, 11) is 1.36. The minimum atomic E-state index is -0.522. The molecule has 0 amide bonds. The van der Waals surface area contributed by atoms with Crippen LogP contribution in [0.3, 0.4) is 0 Å². The molecule has 0 radical (unpaired) electrons. The molecule has 0 aromatic heterocycles. The smallest absolute Gasteiger partial charge is 0.322 e. The van der Waals surface area contributed by atoms with E-state index in [4.69, 9.17) is 5.73 Å². The van der Waals surface area contributed by atoms with Crippen molar-refractivity contribution in [2.75, 3.05) is 7.11 Å². The zero-order chi connectivity index (χ0) is 12.1. The molecule has 3 nitrogen and oxygen atoms in total. The quantitative estimate of drug-likeness (QED) is 0.788. The van der Waals surface area contributed by atoms with Gasteiger partial charge in [-0.2, -0.15) is 0 Å². The number of nitrogens with two attached hydrogens (primary N) is 1. The fraction of sp³-hybridized carbons (Fsp3) is 0.462. The van der Waals surface area contributed by atoms with Gasteiger partial charge in [-0.05, 0) is 43.4 Å². The number of aryl methyl sites for hydroxylation is 3. The van der Waals surface area contributed by atoms with Gasteiger partial charge in [0, 0.05) is 0 Å². The third-order valence-corrected chi connectivity index (χ3v) is 2.82. The van der Waals surface area contributed by atoms with Crippen LogP contribution in [0.1, 0.15) is 23.1 Å². The van der Waals surface area contributed by atoms with Gasteiger partial charge in [0.15, 0.2) is 0 Å². The zero-order valence-electron chi connectivity index (χ0n) is 10.1. The van der Waals surface area contributed by atoms with Crippen LogP contribution in [0.4, 0.5) is 0 Å². The lowest BCUT2D eigenvalue weighted by Crippen LogP contribution is -2.31. The van der Waals surface area contributed by atoms with Gasteiger partial charge < -0.3 is 10.5 Å². The van der Waals surface area contributed by atoms with Crippen LogP contribution >= 0.6 is 0 Å². The molecule has 88 valence electrons. The lowest BCUT2D eigenvalue weighted by molar-refractivity contribution is -0.142. The molecule has 1 aromatic carbocycles. The average Bonchev–Trinajstić information content (AvgIpc) is 2.29. The molecule has 0 saturated heterocycles. The van der Waals surface area contributed by atoms with E-state index < -0.39 is 6.04 Å². The maximum Gasteiger partial charge on any atom is 0.322 e. The van der Waals surface area contributed by atoms with Gasteiger partial charge in [0.05, 0.1) is 7.11 Å². The number of benzene rings is 1. The molecule has 0 aliphatic rings. The number of hydrogen-bond donors (Lipinski definition) is 1. The van der Waals surface area contributed by atoms with Crippen molar-refractivity contribution in [3.05, 3.63) is 34.9 Å². The Bertz CT molecular complexity index is 374. The van der Waals surface area contributed by atoms with Gasteiger partial charge in [-0.15, -0.1) is 0 Å². The molecule has 0 aliphatic heterocycles. The molecule has 0 bridgehead atoms. The van der Waals surface area contributed by atoms with Crippen molar-refractivity contribution in [3.8, 4) is 0 Å². The Hall–Kier alpha value is -1.35. The first kappa shape index (κ1) is 12.7. The highest BCUT2D eigenvalue weighted by molar-refractivity contribution is 5.75. The Kier molecular flexibility index (Phi) is 4.50. The van der Waals surface area contributed by atoms with E-state index in [0.29, 0.717) is 6.42 Å². The highest BCUT2D eigenvalue weighted by atomic mass is 16.5. The van der Waals surface area contributed by atoms with Gasteiger partial charge in [0.2, 0.25) is 0 Å². The number of methoxy groups -OCH3 is 1. The molecular formula is C13H19NO2. The lowest BCUT2D eigenvalue weighted by atomic mass is 10.0. The Balaban J connectivity index is 2.55. The van der Waals surface area contributed by atoms with Crippen LogP contribution < -0.4 is 5.73 Å². The summed E-state index contributed by atoms with van der Waals surface area (Å²) in [6, 6.07) is 5.78. The van der Waals surface area contributed by atoms with E-state index in [1.165, 1.54) is 23.8 Å². The molecular weight excluding hydrogens is 202 g/mol. The maximum atomic E-state index is 11.1. The second-order valence-corrected chi connectivity index (χ2v) is 4.09. The molecule has 0 heterocycles. The maximum absolute atomic E-state index is 11.1. The number of esters is 1. The van der Waals surface area contributed by atoms with Crippen LogP contribution in [0.5, 0.6) is 0 Å². The second kappa shape index (κ2) is 5.66. The van der Waals surface area contributed by atoms with E-state index in [1.54, 1.807) is 0 Å². The Morgan fingerprint density at radius 3 is 2.62 bits per heavy atom. The number of ether oxygens (including phenoxy) is 1. The lowest BCUT2D eigenvalue weighted by Gasteiger charge is -2.09. The van der Waals surface area contributed by atoms with Crippen molar-refractivity contribution < 1.29 is 9.53 Å². The molecule has 3 heteroatoms. The number of hydrogen-bond acceptors (Lipinski definition) is 3. The van der Waals surface area contributed by atoms with Crippen LogP contribution in [0.2, 0.25) is 0 Å². The zero-order valence-corrected chi connectivity index (χ0v) is 10.1. The first-order valence-electron chi connectivity index (χ1n) is 5.44. The van der Waals surface area contributed by atoms with Crippen molar-refractivity contribution in [1.29, 1.82) is 0 Å². The van der Waals surface area contributed by atoms with Gasteiger partial charge in [-0.3, -0.25) is 4.79 Å². The molecule has 0 aliphatic carbocycles. The first-order valence-corrected chi connectivity index (χ1v) is 5.44. The van der Waals surface area contributed by atoms with Gasteiger partial charge in [0.25, 0.3) is 0 Å². The number of carbonyl (C=O) groups excluding carboxylic acids is 1. The molecule has 0 spiro atoms. The monoisotopic (exact) mass is 221 g/mol. The minimum absolute atomic E-state index is 0.344. The summed E-state index contributed by atoms with van der Waals surface area (Å²) in [4.78, 5) is 11.1. The van der Waals surface area contributed by atoms with Crippen molar-refractivity contribution in [2.45, 2.75) is 32.7 Å². The molecule has 0 saturated carbocycles. The third kappa shape index (κ3) is 3.35. The van der Waals surface area contributed by atoms with E-state index in [0.717, 1.165) is 6.42 Å². The molecule has 1 unspecified atom stereocenters. The normalized spacial score (nSPS) is 12.2. The summed E-state index contributed by atoms with van der Waals surface area (Å²) in [5, 5.41) is 0. The average molecular weight is 221 g/mol. The van der Waals surface area contributed by atoms with E-state index in [1.807, 2.05) is 0 Å². The number of rotatable bonds is 4. The van der Waals surface area contributed by atoms with Crippen LogP contribution in [-0.4, -0.2) is 19.1 Å². The molecule has 1 atom stereocenters. The fourth-order valence-electron chi connectivity index (χ4n) is 1.55. The highest BCUT2D eigenvalue weighted by Gasteiger charge is 2.13. The molecule has 2 N–H and O–H groups in total. The van der Waals surface area contributed by atoms with E-state index >= 15 is 0 Å². The van der Waals surface area contributed by atoms with Crippen molar-refractivity contribution >= 4 is 5.97 Å². The van der Waals surface area contributed by atoms with Crippen LogP contribution in [-0.2, 0) is 16.0 Å². The van der Waals surface area contributed by atoms with Gasteiger partial charge in [-0.1, -0.05) is 18.2 Å². The summed E-state index contributed by atoms with van der Waals surface area (Å²) >= 11 is 0. The predicted molar refractivity (Wildman–Crippen MR) is 64.2 cm³/mol. The third-order valence-electron chi connectivity index (χ3n) is 2.82. The first-order chi connectivity index (χ1) is 7.54. The van der Waals surface area contributed by atoms with E-state index in [9.17, 15) is 4.79 Å². The molecule has 1 rings (SSSR count). The van der Waals surface area contributed by atoms with Crippen LogP contribution in [0.15, 0.2) is 18.2 Å². The standard InChI is InChI=1S/C13H19NO2/c1-9-4-5-11(8-10(9)2)6-7-12(14)13(15)16-3/h4-5,8,12H,6-7,14H2,1-3H3. The summed E-state index contributed by atoms with van der Waals surface area (Å²) in [5.41, 5.74) is 9.43. The Labute approximate surface area is 96.6 Å². The highest BCUT2D eigenvalue weighted by Crippen LogP contribution is 2.12. The van der Waals surface area contributed by atoms with Crippen LogP contribution in [0, 0.1) is 13.8 Å². The van der Waals surface area contributed by atoms with E-state index in [2.05, 4.69) is 36.8 Å². The predicted octanol–water partition coefficient (Wildman–Crippen LogP) is 1.74. The molecule has 1 aromatic rings. The number of carbonyl (C=O) groups is 1.